The fourth-order valence-electron chi connectivity index (χ4n) is 5.51. The molecule has 31 heavy (non-hydrogen) atoms. The lowest BCUT2D eigenvalue weighted by Gasteiger charge is -2.39. The van der Waals surface area contributed by atoms with Crippen LogP contribution in [0.25, 0.3) is 0 Å². The number of halogens is 1. The summed E-state index contributed by atoms with van der Waals surface area (Å²) in [6.07, 6.45) is 13.3. The van der Waals surface area contributed by atoms with Gasteiger partial charge in [0.25, 0.3) is 5.91 Å². The molecule has 1 N–H and O–H groups in total. The number of aliphatic imine (C=N–C) groups is 1. The minimum absolute atomic E-state index is 0.0659. The lowest BCUT2D eigenvalue weighted by molar-refractivity contribution is -0.136. The molecule has 1 aliphatic heterocycles. The van der Waals surface area contributed by atoms with E-state index in [1.165, 1.54) is 11.1 Å². The molecule has 0 saturated heterocycles. The first kappa shape index (κ1) is 20.5. The van der Waals surface area contributed by atoms with Crippen LogP contribution in [-0.2, 0) is 9.59 Å². The highest BCUT2D eigenvalue weighted by atomic mass is 35.5. The maximum Gasteiger partial charge on any atom is 0.275 e. The van der Waals surface area contributed by atoms with Crippen molar-refractivity contribution < 1.29 is 9.59 Å². The monoisotopic (exact) mass is 437 g/mol. The van der Waals surface area contributed by atoms with Gasteiger partial charge in [0.15, 0.2) is 0 Å². The number of rotatable bonds is 4. The molecule has 6 heteroatoms. The van der Waals surface area contributed by atoms with E-state index in [-0.39, 0.29) is 24.4 Å². The van der Waals surface area contributed by atoms with Gasteiger partial charge in [0.2, 0.25) is 5.91 Å². The standard InChI is InChI=1S/C25H28ClN3O2/c26-20-10-8-17(9-11-20)23-24(31)29(25(28-23)12-4-1-5-13-25)16-22(30)27-21-14-18-6-2-3-7-19(18)15-21/h2,6,8-11,21H,1,3-5,7,12-16H2,(H,27,30). The molecule has 2 amide bonds. The van der Waals surface area contributed by atoms with E-state index in [1.54, 1.807) is 17.0 Å². The molecule has 1 aromatic rings. The van der Waals surface area contributed by atoms with Crippen molar-refractivity contribution in [1.29, 1.82) is 0 Å². The molecule has 1 aromatic carbocycles. The van der Waals surface area contributed by atoms with E-state index in [4.69, 9.17) is 16.6 Å². The van der Waals surface area contributed by atoms with E-state index in [9.17, 15) is 9.59 Å². The van der Waals surface area contributed by atoms with Crippen molar-refractivity contribution >= 4 is 29.1 Å². The topological polar surface area (TPSA) is 61.8 Å². The van der Waals surface area contributed by atoms with E-state index in [1.807, 2.05) is 12.1 Å². The molecule has 162 valence electrons. The van der Waals surface area contributed by atoms with Crippen molar-refractivity contribution in [1.82, 2.24) is 10.2 Å². The number of nitrogens with one attached hydrogen (secondary N) is 1. The Morgan fingerprint density at radius 3 is 2.68 bits per heavy atom. The lowest BCUT2D eigenvalue weighted by atomic mass is 9.88. The number of amides is 2. The van der Waals surface area contributed by atoms with Gasteiger partial charge < -0.3 is 10.2 Å². The Labute approximate surface area is 188 Å². The normalized spacial score (nSPS) is 24.5. The zero-order valence-electron chi connectivity index (χ0n) is 17.7. The number of allylic oxidation sites excluding steroid dienone is 2. The Morgan fingerprint density at radius 1 is 1.16 bits per heavy atom. The summed E-state index contributed by atoms with van der Waals surface area (Å²) in [4.78, 5) is 33.1. The summed E-state index contributed by atoms with van der Waals surface area (Å²) < 4.78 is 0. The van der Waals surface area contributed by atoms with Crippen molar-refractivity contribution in [3.05, 3.63) is 58.1 Å². The smallest absolute Gasteiger partial charge is 0.275 e. The van der Waals surface area contributed by atoms with Crippen LogP contribution in [0.5, 0.6) is 0 Å². The maximum absolute atomic E-state index is 13.4. The molecule has 4 aliphatic rings. The molecule has 0 bridgehead atoms. The number of carbonyl (C=O) groups excluding carboxylic acids is 2. The third-order valence-corrected chi connectivity index (χ3v) is 7.31. The Balaban J connectivity index is 1.31. The van der Waals surface area contributed by atoms with Gasteiger partial charge in [0.1, 0.15) is 17.9 Å². The molecule has 0 radical (unpaired) electrons. The molecule has 3 aliphatic carbocycles. The molecule has 1 atom stereocenters. The molecule has 1 saturated carbocycles. The van der Waals surface area contributed by atoms with Gasteiger partial charge in [0, 0.05) is 16.6 Å². The fourth-order valence-corrected chi connectivity index (χ4v) is 5.63. The second kappa shape index (κ2) is 8.27. The molecule has 5 rings (SSSR count). The van der Waals surface area contributed by atoms with Gasteiger partial charge in [-0.15, -0.1) is 0 Å². The highest BCUT2D eigenvalue weighted by Crippen LogP contribution is 2.40. The van der Waals surface area contributed by atoms with Gasteiger partial charge in [-0.1, -0.05) is 47.9 Å². The zero-order chi connectivity index (χ0) is 21.4. The second-order valence-corrected chi connectivity index (χ2v) is 9.58. The summed E-state index contributed by atoms with van der Waals surface area (Å²) in [6.45, 7) is 0.0659. The SMILES string of the molecule is O=C(CN1C(=O)C(c2ccc(Cl)cc2)=NC12CCCCC2)NC1CC2=C(CCC=C2)C1. The van der Waals surface area contributed by atoms with Crippen molar-refractivity contribution in [2.75, 3.05) is 6.54 Å². The van der Waals surface area contributed by atoms with E-state index in [0.717, 1.165) is 63.4 Å². The predicted octanol–water partition coefficient (Wildman–Crippen LogP) is 4.56. The van der Waals surface area contributed by atoms with Crippen molar-refractivity contribution in [3.63, 3.8) is 0 Å². The number of carbonyl (C=O) groups is 2. The van der Waals surface area contributed by atoms with Gasteiger partial charge in [0.05, 0.1) is 0 Å². The average molecular weight is 438 g/mol. The summed E-state index contributed by atoms with van der Waals surface area (Å²) in [6, 6.07) is 7.36. The van der Waals surface area contributed by atoms with Gasteiger partial charge in [-0.2, -0.15) is 0 Å². The number of hydrogen-bond acceptors (Lipinski definition) is 3. The van der Waals surface area contributed by atoms with Crippen LogP contribution in [0.3, 0.4) is 0 Å². The van der Waals surface area contributed by atoms with Gasteiger partial charge in [-0.05, 0) is 69.1 Å². The lowest BCUT2D eigenvalue weighted by Crippen LogP contribution is -2.53. The van der Waals surface area contributed by atoms with Gasteiger partial charge in [-0.3, -0.25) is 14.6 Å². The molecular weight excluding hydrogens is 410 g/mol. The van der Waals surface area contributed by atoms with Crippen molar-refractivity contribution in [2.24, 2.45) is 4.99 Å². The Kier molecular flexibility index (Phi) is 5.47. The van der Waals surface area contributed by atoms with Crippen LogP contribution in [0.15, 0.2) is 52.6 Å². The molecule has 0 aromatic heterocycles. The molecule has 1 heterocycles. The fraction of sp³-hybridized carbons (Fsp3) is 0.480. The third kappa shape index (κ3) is 3.96. The highest BCUT2D eigenvalue weighted by molar-refractivity contribution is 6.47. The summed E-state index contributed by atoms with van der Waals surface area (Å²) in [5, 5.41) is 3.82. The Morgan fingerprint density at radius 2 is 1.94 bits per heavy atom. The zero-order valence-corrected chi connectivity index (χ0v) is 18.5. The van der Waals surface area contributed by atoms with Crippen molar-refractivity contribution in [2.45, 2.75) is 69.5 Å². The van der Waals surface area contributed by atoms with Gasteiger partial charge in [-0.25, -0.2) is 0 Å². The molecule has 5 nitrogen and oxygen atoms in total. The third-order valence-electron chi connectivity index (χ3n) is 7.05. The maximum atomic E-state index is 13.4. The van der Waals surface area contributed by atoms with Crippen LogP contribution in [0.4, 0.5) is 0 Å². The first-order valence-corrected chi connectivity index (χ1v) is 11.8. The first-order chi connectivity index (χ1) is 15.0. The molecule has 1 spiro atoms. The summed E-state index contributed by atoms with van der Waals surface area (Å²) in [7, 11) is 0. The highest BCUT2D eigenvalue weighted by Gasteiger charge is 2.48. The van der Waals surface area contributed by atoms with Crippen LogP contribution in [-0.4, -0.2) is 40.7 Å². The van der Waals surface area contributed by atoms with Crippen LogP contribution in [0, 0.1) is 0 Å². The number of benzene rings is 1. The van der Waals surface area contributed by atoms with E-state index < -0.39 is 5.66 Å². The minimum Gasteiger partial charge on any atom is -0.351 e. The van der Waals surface area contributed by atoms with Crippen LogP contribution < -0.4 is 5.32 Å². The van der Waals surface area contributed by atoms with E-state index in [2.05, 4.69) is 17.5 Å². The molecule has 1 unspecified atom stereocenters. The van der Waals surface area contributed by atoms with Crippen LogP contribution in [0.1, 0.15) is 63.4 Å². The second-order valence-electron chi connectivity index (χ2n) is 9.14. The number of nitrogens with zero attached hydrogens (tertiary/aromatic N) is 2. The predicted molar refractivity (Wildman–Crippen MR) is 122 cm³/mol. The first-order valence-electron chi connectivity index (χ1n) is 11.4. The summed E-state index contributed by atoms with van der Waals surface area (Å²) >= 11 is 6.03. The van der Waals surface area contributed by atoms with Gasteiger partial charge >= 0.3 is 0 Å². The van der Waals surface area contributed by atoms with E-state index >= 15 is 0 Å². The molecule has 1 fully saturated rings. The summed E-state index contributed by atoms with van der Waals surface area (Å²) in [5.74, 6) is -0.231. The van der Waals surface area contributed by atoms with Crippen LogP contribution >= 0.6 is 11.6 Å². The number of hydrogen-bond donors (Lipinski definition) is 1. The Hall–Kier alpha value is -2.40. The van der Waals surface area contributed by atoms with Crippen molar-refractivity contribution in [3.8, 4) is 0 Å². The van der Waals surface area contributed by atoms with Crippen LogP contribution in [0.2, 0.25) is 5.02 Å². The Bertz CT molecular complexity index is 987. The average Bonchev–Trinajstić information content (AvgIpc) is 3.29. The quantitative estimate of drug-likeness (QED) is 0.750. The largest absolute Gasteiger partial charge is 0.351 e. The summed E-state index contributed by atoms with van der Waals surface area (Å²) in [5.41, 5.74) is 3.49. The molecular formula is C25H28ClN3O2. The van der Waals surface area contributed by atoms with E-state index in [0.29, 0.717) is 10.7 Å². The minimum atomic E-state index is -0.586.